The number of nitro groups is 1. The van der Waals surface area contributed by atoms with Crippen LogP contribution in [0.2, 0.25) is 0 Å². The average Bonchev–Trinajstić information content (AvgIpc) is 2.64. The van der Waals surface area contributed by atoms with Gasteiger partial charge in [-0.3, -0.25) is 19.3 Å². The molecule has 132 valence electrons. The average molecular weight is 350 g/mol. The molecule has 7 heteroatoms. The first-order chi connectivity index (χ1) is 12.6. The molecule has 0 radical (unpaired) electrons. The third-order valence-corrected chi connectivity index (χ3v) is 5.01. The van der Waals surface area contributed by atoms with Crippen LogP contribution in [0.4, 0.5) is 11.5 Å². The van der Waals surface area contributed by atoms with Crippen LogP contribution >= 0.6 is 0 Å². The normalized spacial score (nSPS) is 19.1. The Hall–Kier alpha value is -3.22. The van der Waals surface area contributed by atoms with E-state index in [0.717, 1.165) is 18.4 Å². The Morgan fingerprint density at radius 2 is 2.00 bits per heavy atom. The summed E-state index contributed by atoms with van der Waals surface area (Å²) in [4.78, 5) is 27.9. The Bertz CT molecular complexity index is 1060. The van der Waals surface area contributed by atoms with Gasteiger partial charge in [0, 0.05) is 6.20 Å². The lowest BCUT2D eigenvalue weighted by Gasteiger charge is -2.32. The van der Waals surface area contributed by atoms with Crippen LogP contribution in [0.1, 0.15) is 30.5 Å². The molecule has 0 saturated carbocycles. The number of hydrogen-bond acceptors (Lipinski definition) is 5. The van der Waals surface area contributed by atoms with Gasteiger partial charge in [-0.1, -0.05) is 37.3 Å². The number of nitrogens with zero attached hydrogens (tertiary/aromatic N) is 3. The molecule has 2 atom stereocenters. The molecular weight excluding hydrogens is 332 g/mol. The van der Waals surface area contributed by atoms with Gasteiger partial charge in [-0.2, -0.15) is 0 Å². The second kappa shape index (κ2) is 6.25. The summed E-state index contributed by atoms with van der Waals surface area (Å²) in [7, 11) is 0. The molecule has 2 unspecified atom stereocenters. The SMILES string of the molecule is CC1CCc2ccccc2C1Nc1nc2ccccn2c(=O)c1[N+](=O)[O-]. The largest absolute Gasteiger partial charge is 0.376 e. The number of anilines is 1. The first-order valence-electron chi connectivity index (χ1n) is 8.56. The van der Waals surface area contributed by atoms with Gasteiger partial charge in [-0.05, 0) is 42.0 Å². The third-order valence-electron chi connectivity index (χ3n) is 5.01. The van der Waals surface area contributed by atoms with Crippen molar-refractivity contribution in [2.24, 2.45) is 5.92 Å². The van der Waals surface area contributed by atoms with Crippen LogP contribution in [-0.4, -0.2) is 14.3 Å². The van der Waals surface area contributed by atoms with Crippen molar-refractivity contribution in [2.45, 2.75) is 25.8 Å². The molecule has 0 bridgehead atoms. The molecule has 7 nitrogen and oxygen atoms in total. The highest BCUT2D eigenvalue weighted by atomic mass is 16.6. The van der Waals surface area contributed by atoms with Gasteiger partial charge in [-0.15, -0.1) is 0 Å². The van der Waals surface area contributed by atoms with Crippen LogP contribution in [0, 0.1) is 16.0 Å². The van der Waals surface area contributed by atoms with Crippen LogP contribution in [-0.2, 0) is 6.42 Å². The van der Waals surface area contributed by atoms with E-state index in [1.807, 2.05) is 18.2 Å². The number of rotatable bonds is 3. The van der Waals surface area contributed by atoms with Crippen molar-refractivity contribution in [3.63, 3.8) is 0 Å². The Labute approximate surface area is 149 Å². The van der Waals surface area contributed by atoms with Crippen molar-refractivity contribution in [1.29, 1.82) is 0 Å². The zero-order valence-electron chi connectivity index (χ0n) is 14.3. The first kappa shape index (κ1) is 16.3. The van der Waals surface area contributed by atoms with E-state index in [1.165, 1.54) is 16.2 Å². The van der Waals surface area contributed by atoms with E-state index in [-0.39, 0.29) is 17.8 Å². The number of aromatic nitrogens is 2. The molecule has 1 aliphatic rings. The Morgan fingerprint density at radius 3 is 2.81 bits per heavy atom. The van der Waals surface area contributed by atoms with Crippen LogP contribution in [0.15, 0.2) is 53.5 Å². The molecule has 3 aromatic rings. The summed E-state index contributed by atoms with van der Waals surface area (Å²) in [5, 5.41) is 14.8. The number of hydrogen-bond donors (Lipinski definition) is 1. The zero-order valence-corrected chi connectivity index (χ0v) is 14.3. The maximum Gasteiger partial charge on any atom is 0.376 e. The smallest absolute Gasteiger partial charge is 0.357 e. The quantitative estimate of drug-likeness (QED) is 0.578. The molecule has 0 fully saturated rings. The van der Waals surface area contributed by atoms with Crippen LogP contribution in [0.25, 0.3) is 5.65 Å². The van der Waals surface area contributed by atoms with Crippen LogP contribution in [0.3, 0.4) is 0 Å². The predicted octanol–water partition coefficient (Wildman–Crippen LogP) is 3.34. The highest BCUT2D eigenvalue weighted by molar-refractivity contribution is 5.61. The third kappa shape index (κ3) is 2.61. The molecule has 2 heterocycles. The summed E-state index contributed by atoms with van der Waals surface area (Å²) in [6, 6.07) is 13.0. The van der Waals surface area contributed by atoms with Crippen molar-refractivity contribution < 1.29 is 4.92 Å². The highest BCUT2D eigenvalue weighted by Crippen LogP contribution is 2.37. The number of nitrogens with one attached hydrogen (secondary N) is 1. The van der Waals surface area contributed by atoms with Crippen molar-refractivity contribution in [3.8, 4) is 0 Å². The van der Waals surface area contributed by atoms with Crippen molar-refractivity contribution in [1.82, 2.24) is 9.38 Å². The lowest BCUT2D eigenvalue weighted by atomic mass is 9.80. The van der Waals surface area contributed by atoms with Gasteiger partial charge in [0.05, 0.1) is 11.0 Å². The topological polar surface area (TPSA) is 89.5 Å². The molecular formula is C19H18N4O3. The van der Waals surface area contributed by atoms with Gasteiger partial charge in [-0.25, -0.2) is 4.98 Å². The van der Waals surface area contributed by atoms with Crippen LogP contribution < -0.4 is 10.9 Å². The van der Waals surface area contributed by atoms with E-state index in [1.54, 1.807) is 18.2 Å². The minimum atomic E-state index is -0.681. The minimum Gasteiger partial charge on any atom is -0.357 e. The van der Waals surface area contributed by atoms with E-state index in [2.05, 4.69) is 23.3 Å². The summed E-state index contributed by atoms with van der Waals surface area (Å²) in [5.74, 6) is 0.292. The highest BCUT2D eigenvalue weighted by Gasteiger charge is 2.31. The first-order valence-corrected chi connectivity index (χ1v) is 8.56. The van der Waals surface area contributed by atoms with E-state index < -0.39 is 16.2 Å². The van der Waals surface area contributed by atoms with Gasteiger partial charge in [0.15, 0.2) is 0 Å². The number of pyridine rings is 1. The summed E-state index contributed by atoms with van der Waals surface area (Å²) in [5.41, 5.74) is 1.50. The van der Waals surface area contributed by atoms with Crippen molar-refractivity contribution in [3.05, 3.63) is 80.3 Å². The lowest BCUT2D eigenvalue weighted by molar-refractivity contribution is -0.385. The van der Waals surface area contributed by atoms with Gasteiger partial charge in [0.25, 0.3) is 0 Å². The van der Waals surface area contributed by atoms with Crippen LogP contribution in [0.5, 0.6) is 0 Å². The number of aryl methyl sites for hydroxylation is 1. The molecule has 0 saturated heterocycles. The fourth-order valence-electron chi connectivity index (χ4n) is 3.63. The fourth-order valence-corrected chi connectivity index (χ4v) is 3.63. The molecule has 1 aromatic carbocycles. The van der Waals surface area contributed by atoms with E-state index in [0.29, 0.717) is 5.65 Å². The molecule has 0 spiro atoms. The van der Waals surface area contributed by atoms with Gasteiger partial charge >= 0.3 is 11.2 Å². The van der Waals surface area contributed by atoms with E-state index >= 15 is 0 Å². The number of fused-ring (bicyclic) bond motifs is 2. The number of benzene rings is 1. The van der Waals surface area contributed by atoms with Gasteiger partial charge in [0.2, 0.25) is 5.82 Å². The summed E-state index contributed by atoms with van der Waals surface area (Å²) >= 11 is 0. The summed E-state index contributed by atoms with van der Waals surface area (Å²) < 4.78 is 1.20. The summed E-state index contributed by atoms with van der Waals surface area (Å²) in [6.45, 7) is 2.10. The van der Waals surface area contributed by atoms with E-state index in [4.69, 9.17) is 0 Å². The maximum absolute atomic E-state index is 12.6. The minimum absolute atomic E-state index is 0.0275. The maximum atomic E-state index is 12.6. The zero-order chi connectivity index (χ0) is 18.3. The van der Waals surface area contributed by atoms with Crippen molar-refractivity contribution >= 4 is 17.2 Å². The monoisotopic (exact) mass is 350 g/mol. The molecule has 0 amide bonds. The van der Waals surface area contributed by atoms with E-state index in [9.17, 15) is 14.9 Å². The molecule has 2 aromatic heterocycles. The molecule has 26 heavy (non-hydrogen) atoms. The van der Waals surface area contributed by atoms with Gasteiger partial charge in [0.1, 0.15) is 5.65 Å². The molecule has 1 aliphatic carbocycles. The lowest BCUT2D eigenvalue weighted by Crippen LogP contribution is -2.28. The standard InChI is InChI=1S/C19H18N4O3/c1-12-9-10-13-6-2-3-7-14(13)16(12)21-18-17(23(25)26)19(24)22-11-5-4-8-15(22)20-18/h2-8,11-12,16,21H,9-10H2,1H3. The second-order valence-corrected chi connectivity index (χ2v) is 6.64. The second-order valence-electron chi connectivity index (χ2n) is 6.64. The molecule has 0 aliphatic heterocycles. The molecule has 1 N–H and O–H groups in total. The predicted molar refractivity (Wildman–Crippen MR) is 98.4 cm³/mol. The summed E-state index contributed by atoms with van der Waals surface area (Å²) in [6.07, 6.45) is 3.43. The fraction of sp³-hybridized carbons (Fsp3) is 0.263. The van der Waals surface area contributed by atoms with Crippen molar-refractivity contribution in [2.75, 3.05) is 5.32 Å². The Kier molecular flexibility index (Phi) is 3.91. The Balaban J connectivity index is 1.86. The Morgan fingerprint density at radius 1 is 1.23 bits per heavy atom. The van der Waals surface area contributed by atoms with Gasteiger partial charge < -0.3 is 5.32 Å². The molecule has 4 rings (SSSR count).